The number of nitrogens with one attached hydrogen (secondary N) is 1. The van der Waals surface area contributed by atoms with Crippen LogP contribution in [0.15, 0.2) is 29.4 Å². The first-order chi connectivity index (χ1) is 15.6. The summed E-state index contributed by atoms with van der Waals surface area (Å²) in [5.41, 5.74) is 4.81. The number of nitrogens with two attached hydrogens (primary N) is 1. The zero-order valence-electron chi connectivity index (χ0n) is 19.9. The number of carbonyl (C=O) groups excluding carboxylic acids is 3. The van der Waals surface area contributed by atoms with Crippen molar-refractivity contribution in [3.63, 3.8) is 0 Å². The Morgan fingerprint density at radius 2 is 2.03 bits per heavy atom. The number of hydrogen-bond acceptors (Lipinski definition) is 6. The van der Waals surface area contributed by atoms with Crippen molar-refractivity contribution < 1.29 is 19.1 Å². The van der Waals surface area contributed by atoms with E-state index in [-0.39, 0.29) is 31.3 Å². The van der Waals surface area contributed by atoms with E-state index in [0.717, 1.165) is 17.7 Å². The van der Waals surface area contributed by atoms with Crippen LogP contribution in [0, 0.1) is 17.4 Å². The predicted octanol–water partition coefficient (Wildman–Crippen LogP) is 2.43. The minimum absolute atomic E-state index is 0.0185. The minimum Gasteiger partial charge on any atom is -0.464 e. The summed E-state index contributed by atoms with van der Waals surface area (Å²) in [6, 6.07) is 6.51. The molecule has 2 unspecified atom stereocenters. The Morgan fingerprint density at radius 1 is 1.33 bits per heavy atom. The molecule has 0 saturated carbocycles. The first-order valence-corrected chi connectivity index (χ1v) is 14.8. The summed E-state index contributed by atoms with van der Waals surface area (Å²) >= 11 is 0. The third-order valence-electron chi connectivity index (χ3n) is 5.09. The molecular formula is C24H34N4O4Si. The molecule has 178 valence electrons. The second-order valence-corrected chi connectivity index (χ2v) is 13.8. The number of benzene rings is 1. The average molecular weight is 471 g/mol. The largest absolute Gasteiger partial charge is 0.464 e. The van der Waals surface area contributed by atoms with Crippen molar-refractivity contribution in [2.45, 2.75) is 58.3 Å². The molecule has 2 amide bonds. The minimum atomic E-state index is -1.60. The standard InChI is InChI=1S/C24H34N4O4Si/c1-5-32-24(31)21(9-7-15-33(2,3)4)27-22(29)16-19-8-6-14-28(23(19)30)20-12-10-18(11-13-20)17-26-25/h10-13,17,19,21H,5-6,8-9,14,16,25H2,1-4H3,(H,27,29). The van der Waals surface area contributed by atoms with Crippen molar-refractivity contribution in [2.24, 2.45) is 16.9 Å². The molecule has 0 spiro atoms. The van der Waals surface area contributed by atoms with Crippen LogP contribution in [0.25, 0.3) is 0 Å². The fraction of sp³-hybridized carbons (Fsp3) is 0.500. The van der Waals surface area contributed by atoms with Gasteiger partial charge in [0.25, 0.3) is 0 Å². The van der Waals surface area contributed by atoms with Gasteiger partial charge in [0.05, 0.1) is 12.8 Å². The fourth-order valence-corrected chi connectivity index (χ4v) is 4.19. The Balaban J connectivity index is 2.04. The first-order valence-electron chi connectivity index (χ1n) is 11.3. The molecule has 33 heavy (non-hydrogen) atoms. The topological polar surface area (TPSA) is 114 Å². The third-order valence-corrected chi connectivity index (χ3v) is 6.01. The van der Waals surface area contributed by atoms with E-state index in [0.29, 0.717) is 13.0 Å². The molecule has 1 saturated heterocycles. The van der Waals surface area contributed by atoms with Crippen LogP contribution < -0.4 is 16.1 Å². The van der Waals surface area contributed by atoms with Crippen LogP contribution >= 0.6 is 0 Å². The molecule has 2 rings (SSSR count). The van der Waals surface area contributed by atoms with Gasteiger partial charge in [0.15, 0.2) is 0 Å². The summed E-state index contributed by atoms with van der Waals surface area (Å²) in [6.07, 6.45) is 3.16. The molecular weight excluding hydrogens is 436 g/mol. The van der Waals surface area contributed by atoms with Crippen LogP contribution in [0.1, 0.15) is 38.2 Å². The number of amides is 2. The molecule has 0 radical (unpaired) electrons. The first kappa shape index (κ1) is 26.1. The van der Waals surface area contributed by atoms with Gasteiger partial charge in [-0.25, -0.2) is 4.79 Å². The number of carbonyl (C=O) groups is 3. The van der Waals surface area contributed by atoms with E-state index in [1.165, 1.54) is 6.21 Å². The lowest BCUT2D eigenvalue weighted by Crippen LogP contribution is -2.46. The summed E-state index contributed by atoms with van der Waals surface area (Å²) in [4.78, 5) is 39.8. The summed E-state index contributed by atoms with van der Waals surface area (Å²) in [5, 5.41) is 6.23. The van der Waals surface area contributed by atoms with Crippen molar-refractivity contribution in [3.8, 4) is 11.5 Å². The highest BCUT2D eigenvalue weighted by Gasteiger charge is 2.32. The van der Waals surface area contributed by atoms with Gasteiger partial charge in [-0.1, -0.05) is 31.8 Å². The third kappa shape index (κ3) is 8.39. The van der Waals surface area contributed by atoms with Gasteiger partial charge in [-0.3, -0.25) is 9.59 Å². The predicted molar refractivity (Wildman–Crippen MR) is 132 cm³/mol. The Labute approximate surface area is 196 Å². The number of anilines is 1. The molecule has 0 aromatic heterocycles. The fourth-order valence-electron chi connectivity index (χ4n) is 3.55. The number of hydrazone groups is 1. The van der Waals surface area contributed by atoms with Gasteiger partial charge in [0.2, 0.25) is 11.8 Å². The quantitative estimate of drug-likeness (QED) is 0.151. The number of esters is 1. The molecule has 0 bridgehead atoms. The highest BCUT2D eigenvalue weighted by Crippen LogP contribution is 2.26. The van der Waals surface area contributed by atoms with Crippen LogP contribution in [0.5, 0.6) is 0 Å². The molecule has 9 heteroatoms. The van der Waals surface area contributed by atoms with E-state index in [4.69, 9.17) is 10.6 Å². The second-order valence-electron chi connectivity index (χ2n) is 9.03. The molecule has 1 aromatic carbocycles. The number of rotatable bonds is 8. The van der Waals surface area contributed by atoms with Gasteiger partial charge in [-0.15, -0.1) is 11.5 Å². The Kier molecular flexibility index (Phi) is 9.67. The molecule has 1 fully saturated rings. The lowest BCUT2D eigenvalue weighted by Gasteiger charge is -2.32. The normalized spacial score (nSPS) is 17.3. The van der Waals surface area contributed by atoms with Crippen molar-refractivity contribution in [2.75, 3.05) is 18.1 Å². The highest BCUT2D eigenvalue weighted by molar-refractivity contribution is 6.83. The van der Waals surface area contributed by atoms with E-state index in [2.05, 4.69) is 41.5 Å². The molecule has 1 aliphatic heterocycles. The average Bonchev–Trinajstić information content (AvgIpc) is 2.75. The van der Waals surface area contributed by atoms with Crippen molar-refractivity contribution in [3.05, 3.63) is 29.8 Å². The van der Waals surface area contributed by atoms with E-state index in [1.807, 2.05) is 24.3 Å². The molecule has 1 heterocycles. The lowest BCUT2D eigenvalue weighted by molar-refractivity contribution is -0.147. The molecule has 8 nitrogen and oxygen atoms in total. The zero-order chi connectivity index (χ0) is 24.4. The van der Waals surface area contributed by atoms with Crippen LogP contribution in [0.3, 0.4) is 0 Å². The summed E-state index contributed by atoms with van der Waals surface area (Å²) in [7, 11) is -1.60. The smallest absolute Gasteiger partial charge is 0.329 e. The van der Waals surface area contributed by atoms with Gasteiger partial charge >= 0.3 is 5.97 Å². The van der Waals surface area contributed by atoms with Crippen LogP contribution in [0.4, 0.5) is 5.69 Å². The molecule has 3 N–H and O–H groups in total. The number of ether oxygens (including phenoxy) is 1. The maximum absolute atomic E-state index is 13.1. The van der Waals surface area contributed by atoms with E-state index in [1.54, 1.807) is 11.8 Å². The van der Waals surface area contributed by atoms with E-state index >= 15 is 0 Å². The summed E-state index contributed by atoms with van der Waals surface area (Å²) < 4.78 is 5.10. The van der Waals surface area contributed by atoms with Crippen LogP contribution in [-0.2, 0) is 19.1 Å². The van der Waals surface area contributed by atoms with Gasteiger partial charge in [-0.2, -0.15) is 5.10 Å². The number of nitrogens with zero attached hydrogens (tertiary/aromatic N) is 2. The molecule has 0 aliphatic carbocycles. The monoisotopic (exact) mass is 470 g/mol. The van der Waals surface area contributed by atoms with Crippen LogP contribution in [-0.4, -0.2) is 51.3 Å². The van der Waals surface area contributed by atoms with Gasteiger partial charge in [0, 0.05) is 31.0 Å². The molecule has 1 aliphatic rings. The van der Waals surface area contributed by atoms with E-state index in [9.17, 15) is 14.4 Å². The molecule has 2 atom stereocenters. The number of hydrogen-bond donors (Lipinski definition) is 2. The zero-order valence-corrected chi connectivity index (χ0v) is 20.9. The Hall–Kier alpha value is -3.12. The van der Waals surface area contributed by atoms with Crippen molar-refractivity contribution in [1.82, 2.24) is 5.32 Å². The lowest BCUT2D eigenvalue weighted by atomic mass is 9.92. The summed E-state index contributed by atoms with van der Waals surface area (Å²) in [5.74, 6) is 6.81. The second kappa shape index (κ2) is 12.2. The maximum atomic E-state index is 13.1. The van der Waals surface area contributed by atoms with Crippen LogP contribution in [0.2, 0.25) is 19.6 Å². The van der Waals surface area contributed by atoms with Crippen molar-refractivity contribution in [1.29, 1.82) is 0 Å². The Morgan fingerprint density at radius 3 is 2.64 bits per heavy atom. The van der Waals surface area contributed by atoms with Crippen molar-refractivity contribution >= 4 is 37.8 Å². The SMILES string of the molecule is CCOC(=O)C(CC#C[Si](C)(C)C)NC(=O)CC1CCCN(c2ccc(C=NN)cc2)C1=O. The number of piperidine rings is 1. The van der Waals surface area contributed by atoms with Gasteiger partial charge in [0.1, 0.15) is 14.1 Å². The van der Waals surface area contributed by atoms with E-state index < -0.39 is 26.0 Å². The van der Waals surface area contributed by atoms with Gasteiger partial charge < -0.3 is 20.8 Å². The molecule has 1 aromatic rings. The maximum Gasteiger partial charge on any atom is 0.329 e. The van der Waals surface area contributed by atoms with Gasteiger partial charge in [-0.05, 0) is 37.5 Å². The summed E-state index contributed by atoms with van der Waals surface area (Å²) in [6.45, 7) is 8.86. The highest BCUT2D eigenvalue weighted by atomic mass is 28.3. The Bertz CT molecular complexity index is 929.